The molecule has 1 aromatic carbocycles. The number of nitrogens with zero attached hydrogens (tertiary/aromatic N) is 1. The third-order valence-electron chi connectivity index (χ3n) is 3.83. The number of para-hydroxylation sites is 1. The predicted molar refractivity (Wildman–Crippen MR) is 68.4 cm³/mol. The standard InChI is InChI=1S/C14H23N/c1-6-12(2)14(3,4)15(5)13-10-8-7-9-11-13/h7-12H,6H2,1-5H3. The summed E-state index contributed by atoms with van der Waals surface area (Å²) < 4.78 is 0. The van der Waals surface area contributed by atoms with Crippen LogP contribution >= 0.6 is 0 Å². The maximum atomic E-state index is 2.38. The molecule has 0 saturated heterocycles. The lowest BCUT2D eigenvalue weighted by atomic mass is 9.85. The molecule has 1 atom stereocenters. The first-order valence-electron chi connectivity index (χ1n) is 5.79. The average molecular weight is 205 g/mol. The van der Waals surface area contributed by atoms with Crippen LogP contribution in [0.5, 0.6) is 0 Å². The summed E-state index contributed by atoms with van der Waals surface area (Å²) in [6.45, 7) is 9.20. The molecule has 15 heavy (non-hydrogen) atoms. The van der Waals surface area contributed by atoms with E-state index in [0.717, 1.165) is 0 Å². The molecule has 1 aromatic rings. The van der Waals surface area contributed by atoms with E-state index >= 15 is 0 Å². The minimum Gasteiger partial charge on any atom is -0.369 e. The van der Waals surface area contributed by atoms with Gasteiger partial charge >= 0.3 is 0 Å². The van der Waals surface area contributed by atoms with E-state index in [-0.39, 0.29) is 5.54 Å². The molecular weight excluding hydrogens is 182 g/mol. The molecule has 0 bridgehead atoms. The number of rotatable bonds is 4. The van der Waals surface area contributed by atoms with Gasteiger partial charge in [-0.15, -0.1) is 0 Å². The fraction of sp³-hybridized carbons (Fsp3) is 0.571. The molecule has 0 radical (unpaired) electrons. The van der Waals surface area contributed by atoms with Crippen molar-refractivity contribution in [1.82, 2.24) is 0 Å². The van der Waals surface area contributed by atoms with Gasteiger partial charge in [-0.1, -0.05) is 38.5 Å². The Hall–Kier alpha value is -0.980. The second-order valence-electron chi connectivity index (χ2n) is 4.86. The Labute approximate surface area is 94.1 Å². The van der Waals surface area contributed by atoms with Crippen molar-refractivity contribution in [3.63, 3.8) is 0 Å². The summed E-state index contributed by atoms with van der Waals surface area (Å²) in [6.07, 6.45) is 1.21. The summed E-state index contributed by atoms with van der Waals surface area (Å²) >= 11 is 0. The summed E-state index contributed by atoms with van der Waals surface area (Å²) in [7, 11) is 2.18. The van der Waals surface area contributed by atoms with Gasteiger partial charge in [0.1, 0.15) is 0 Å². The monoisotopic (exact) mass is 205 g/mol. The smallest absolute Gasteiger partial charge is 0.0368 e. The summed E-state index contributed by atoms with van der Waals surface area (Å²) in [4.78, 5) is 2.38. The first kappa shape index (κ1) is 12.1. The lowest BCUT2D eigenvalue weighted by Crippen LogP contribution is -2.46. The van der Waals surface area contributed by atoms with Gasteiger partial charge in [0, 0.05) is 18.3 Å². The molecule has 0 fully saturated rings. The van der Waals surface area contributed by atoms with Gasteiger partial charge in [0.2, 0.25) is 0 Å². The molecule has 1 unspecified atom stereocenters. The molecule has 0 N–H and O–H groups in total. The molecule has 0 saturated carbocycles. The Morgan fingerprint density at radius 3 is 2.20 bits per heavy atom. The number of anilines is 1. The molecule has 0 aliphatic heterocycles. The molecular formula is C14H23N. The van der Waals surface area contributed by atoms with Crippen molar-refractivity contribution in [2.45, 2.75) is 39.7 Å². The normalized spacial score (nSPS) is 13.7. The highest BCUT2D eigenvalue weighted by molar-refractivity contribution is 5.47. The van der Waals surface area contributed by atoms with Crippen molar-refractivity contribution in [2.24, 2.45) is 5.92 Å². The van der Waals surface area contributed by atoms with Crippen molar-refractivity contribution >= 4 is 5.69 Å². The van der Waals surface area contributed by atoms with Crippen LogP contribution in [-0.2, 0) is 0 Å². The van der Waals surface area contributed by atoms with Gasteiger partial charge in [-0.25, -0.2) is 0 Å². The van der Waals surface area contributed by atoms with Gasteiger partial charge in [0.15, 0.2) is 0 Å². The zero-order chi connectivity index (χ0) is 11.5. The fourth-order valence-electron chi connectivity index (χ4n) is 1.81. The molecule has 0 heterocycles. The van der Waals surface area contributed by atoms with Crippen LogP contribution in [0.25, 0.3) is 0 Å². The molecule has 1 nitrogen and oxygen atoms in total. The molecule has 84 valence electrons. The first-order valence-corrected chi connectivity index (χ1v) is 5.79. The van der Waals surface area contributed by atoms with Crippen LogP contribution in [0.15, 0.2) is 30.3 Å². The SMILES string of the molecule is CCC(C)C(C)(C)N(C)c1ccccc1. The van der Waals surface area contributed by atoms with Gasteiger partial charge in [-0.3, -0.25) is 0 Å². The van der Waals surface area contributed by atoms with Crippen molar-refractivity contribution in [1.29, 1.82) is 0 Å². The van der Waals surface area contributed by atoms with Crippen LogP contribution in [-0.4, -0.2) is 12.6 Å². The minimum atomic E-state index is 0.204. The third-order valence-corrected chi connectivity index (χ3v) is 3.83. The van der Waals surface area contributed by atoms with Gasteiger partial charge in [0.25, 0.3) is 0 Å². The van der Waals surface area contributed by atoms with E-state index < -0.39 is 0 Å². The number of hydrogen-bond donors (Lipinski definition) is 0. The summed E-state index contributed by atoms with van der Waals surface area (Å²) in [5.74, 6) is 0.683. The highest BCUT2D eigenvalue weighted by Gasteiger charge is 2.29. The van der Waals surface area contributed by atoms with Crippen molar-refractivity contribution in [2.75, 3.05) is 11.9 Å². The quantitative estimate of drug-likeness (QED) is 0.719. The van der Waals surface area contributed by atoms with Gasteiger partial charge in [0.05, 0.1) is 0 Å². The zero-order valence-electron chi connectivity index (χ0n) is 10.6. The van der Waals surface area contributed by atoms with Crippen LogP contribution < -0.4 is 4.90 Å². The van der Waals surface area contributed by atoms with E-state index in [9.17, 15) is 0 Å². The van der Waals surface area contributed by atoms with E-state index in [1.165, 1.54) is 12.1 Å². The predicted octanol–water partition coefficient (Wildman–Crippen LogP) is 3.95. The lowest BCUT2D eigenvalue weighted by Gasteiger charge is -2.42. The maximum Gasteiger partial charge on any atom is 0.0368 e. The number of hydrogen-bond acceptors (Lipinski definition) is 1. The van der Waals surface area contributed by atoms with Crippen LogP contribution in [0.2, 0.25) is 0 Å². The van der Waals surface area contributed by atoms with Crippen LogP contribution in [0.4, 0.5) is 5.69 Å². The molecule has 0 amide bonds. The van der Waals surface area contributed by atoms with E-state index in [1.54, 1.807) is 0 Å². The van der Waals surface area contributed by atoms with Gasteiger partial charge in [-0.05, 0) is 31.9 Å². The zero-order valence-corrected chi connectivity index (χ0v) is 10.6. The highest BCUT2D eigenvalue weighted by Crippen LogP contribution is 2.29. The van der Waals surface area contributed by atoms with Gasteiger partial charge < -0.3 is 4.90 Å². The lowest BCUT2D eigenvalue weighted by molar-refractivity contribution is 0.322. The molecule has 1 rings (SSSR count). The molecule has 0 aromatic heterocycles. The third kappa shape index (κ3) is 2.53. The first-order chi connectivity index (χ1) is 7.00. The summed E-state index contributed by atoms with van der Waals surface area (Å²) in [5, 5.41) is 0. The Kier molecular flexibility index (Phi) is 3.78. The maximum absolute atomic E-state index is 2.38. The molecule has 1 heteroatoms. The van der Waals surface area contributed by atoms with E-state index in [4.69, 9.17) is 0 Å². The second kappa shape index (κ2) is 4.69. The summed E-state index contributed by atoms with van der Waals surface area (Å²) in [6, 6.07) is 10.6. The van der Waals surface area contributed by atoms with E-state index in [1.807, 2.05) is 0 Å². The van der Waals surface area contributed by atoms with Crippen molar-refractivity contribution in [3.05, 3.63) is 30.3 Å². The Bertz CT molecular complexity index is 289. The minimum absolute atomic E-state index is 0.204. The summed E-state index contributed by atoms with van der Waals surface area (Å²) in [5.41, 5.74) is 1.50. The number of benzene rings is 1. The second-order valence-corrected chi connectivity index (χ2v) is 4.86. The Morgan fingerprint density at radius 1 is 1.20 bits per heavy atom. The topological polar surface area (TPSA) is 3.24 Å². The van der Waals surface area contributed by atoms with E-state index in [2.05, 4.69) is 70.0 Å². The highest BCUT2D eigenvalue weighted by atomic mass is 15.2. The van der Waals surface area contributed by atoms with Crippen molar-refractivity contribution in [3.8, 4) is 0 Å². The van der Waals surface area contributed by atoms with Crippen LogP contribution in [0.3, 0.4) is 0 Å². The van der Waals surface area contributed by atoms with E-state index in [0.29, 0.717) is 5.92 Å². The Morgan fingerprint density at radius 2 is 1.73 bits per heavy atom. The fourth-order valence-corrected chi connectivity index (χ4v) is 1.81. The molecule has 0 aliphatic carbocycles. The average Bonchev–Trinajstić information content (AvgIpc) is 2.28. The van der Waals surface area contributed by atoms with Crippen molar-refractivity contribution < 1.29 is 0 Å². The molecule has 0 spiro atoms. The van der Waals surface area contributed by atoms with Crippen LogP contribution in [0.1, 0.15) is 34.1 Å². The van der Waals surface area contributed by atoms with Gasteiger partial charge in [-0.2, -0.15) is 0 Å². The largest absolute Gasteiger partial charge is 0.369 e. The van der Waals surface area contributed by atoms with Crippen LogP contribution in [0, 0.1) is 5.92 Å². The Balaban J connectivity index is 2.89. The molecule has 0 aliphatic rings.